The maximum atomic E-state index is 3.54. The summed E-state index contributed by atoms with van der Waals surface area (Å²) in [7, 11) is 0. The molecule has 0 bridgehead atoms. The van der Waals surface area contributed by atoms with Crippen LogP contribution in [-0.4, -0.2) is 22.1 Å². The molecule has 0 saturated heterocycles. The smallest absolute Gasteiger partial charge is 0.0480 e. The summed E-state index contributed by atoms with van der Waals surface area (Å²) in [6.45, 7) is 8.65. The topological polar surface area (TPSA) is 17.0 Å². The molecule has 1 heterocycles. The molecular formula is C17H26N2S. The molecule has 0 radical (unpaired) electrons. The maximum absolute atomic E-state index is 3.54. The zero-order valence-electron chi connectivity index (χ0n) is 13.1. The molecular weight excluding hydrogens is 264 g/mol. The number of hydrogen-bond acceptors (Lipinski definition) is 2. The van der Waals surface area contributed by atoms with Gasteiger partial charge < -0.3 is 9.88 Å². The van der Waals surface area contributed by atoms with Crippen molar-refractivity contribution in [2.45, 2.75) is 45.8 Å². The Kier molecular flexibility index (Phi) is 5.17. The molecule has 0 aliphatic rings. The van der Waals surface area contributed by atoms with Crippen molar-refractivity contribution in [1.82, 2.24) is 9.88 Å². The minimum absolute atomic E-state index is 0.165. The summed E-state index contributed by atoms with van der Waals surface area (Å²) in [6, 6.07) is 9.04. The Balaban J connectivity index is 2.07. The summed E-state index contributed by atoms with van der Waals surface area (Å²) in [6.07, 6.45) is 5.62. The van der Waals surface area contributed by atoms with Crippen LogP contribution in [-0.2, 0) is 13.1 Å². The van der Waals surface area contributed by atoms with Crippen molar-refractivity contribution in [3.8, 4) is 0 Å². The van der Waals surface area contributed by atoms with E-state index in [2.05, 4.69) is 67.4 Å². The number of rotatable bonds is 6. The largest absolute Gasteiger partial charge is 0.347 e. The van der Waals surface area contributed by atoms with Gasteiger partial charge in [-0.05, 0) is 68.3 Å². The van der Waals surface area contributed by atoms with Crippen LogP contribution in [0.15, 0.2) is 30.5 Å². The Hall–Kier alpha value is -0.930. The summed E-state index contributed by atoms with van der Waals surface area (Å²) in [5, 5.41) is 4.89. The van der Waals surface area contributed by atoms with E-state index in [0.717, 1.165) is 13.1 Å². The summed E-state index contributed by atoms with van der Waals surface area (Å²) in [4.78, 5) is 0. The third-order valence-corrected chi connectivity index (χ3v) is 4.10. The molecule has 1 aromatic heterocycles. The van der Waals surface area contributed by atoms with Gasteiger partial charge in [0.15, 0.2) is 0 Å². The quantitative estimate of drug-likeness (QED) is 0.800. The number of nitrogens with zero attached hydrogens (tertiary/aromatic N) is 1. The van der Waals surface area contributed by atoms with Crippen molar-refractivity contribution in [3.05, 3.63) is 36.0 Å². The molecule has 0 unspecified atom stereocenters. The Morgan fingerprint density at radius 1 is 1.20 bits per heavy atom. The van der Waals surface area contributed by atoms with E-state index in [1.807, 2.05) is 11.8 Å². The van der Waals surface area contributed by atoms with Crippen LogP contribution in [0.4, 0.5) is 0 Å². The van der Waals surface area contributed by atoms with Gasteiger partial charge in [-0.1, -0.05) is 6.07 Å². The highest BCUT2D eigenvalue weighted by Crippen LogP contribution is 2.19. The summed E-state index contributed by atoms with van der Waals surface area (Å²) in [5.74, 6) is 1.23. The zero-order valence-corrected chi connectivity index (χ0v) is 13.9. The van der Waals surface area contributed by atoms with Crippen LogP contribution >= 0.6 is 11.8 Å². The van der Waals surface area contributed by atoms with E-state index in [-0.39, 0.29) is 5.54 Å². The molecule has 2 aromatic rings. The van der Waals surface area contributed by atoms with Crippen LogP contribution in [0.1, 0.15) is 32.8 Å². The fourth-order valence-corrected chi connectivity index (χ4v) is 2.72. The molecule has 0 fully saturated rings. The fourth-order valence-electron chi connectivity index (χ4n) is 2.30. The van der Waals surface area contributed by atoms with Crippen molar-refractivity contribution in [2.24, 2.45) is 0 Å². The number of fused-ring (bicyclic) bond motifs is 1. The van der Waals surface area contributed by atoms with Crippen molar-refractivity contribution in [3.63, 3.8) is 0 Å². The number of aryl methyl sites for hydroxylation is 1. The van der Waals surface area contributed by atoms with E-state index in [1.165, 1.54) is 28.6 Å². The average molecular weight is 290 g/mol. The molecule has 2 nitrogen and oxygen atoms in total. The Morgan fingerprint density at radius 3 is 2.70 bits per heavy atom. The summed E-state index contributed by atoms with van der Waals surface area (Å²) in [5.41, 5.74) is 2.87. The number of aromatic nitrogens is 1. The molecule has 0 spiro atoms. The third-order valence-electron chi connectivity index (χ3n) is 3.41. The van der Waals surface area contributed by atoms with Crippen molar-refractivity contribution in [2.75, 3.05) is 12.0 Å². The van der Waals surface area contributed by atoms with Crippen molar-refractivity contribution in [1.29, 1.82) is 0 Å². The van der Waals surface area contributed by atoms with Gasteiger partial charge in [-0.25, -0.2) is 0 Å². The van der Waals surface area contributed by atoms with Crippen molar-refractivity contribution < 1.29 is 0 Å². The van der Waals surface area contributed by atoms with Crippen LogP contribution in [0.25, 0.3) is 10.9 Å². The van der Waals surface area contributed by atoms with Crippen LogP contribution in [0, 0.1) is 0 Å². The predicted molar refractivity (Wildman–Crippen MR) is 91.5 cm³/mol. The first kappa shape index (κ1) is 15.5. The normalized spacial score (nSPS) is 12.2. The first-order valence-electron chi connectivity index (χ1n) is 7.31. The third kappa shape index (κ3) is 4.29. The fraction of sp³-hybridized carbons (Fsp3) is 0.529. The first-order chi connectivity index (χ1) is 9.49. The van der Waals surface area contributed by atoms with E-state index in [4.69, 9.17) is 0 Å². The first-order valence-corrected chi connectivity index (χ1v) is 8.71. The zero-order chi connectivity index (χ0) is 14.6. The SMILES string of the molecule is CSCCCn1ccc2cc(CNC(C)(C)C)ccc21. The molecule has 0 aliphatic carbocycles. The van der Waals surface area contributed by atoms with Crippen LogP contribution in [0.5, 0.6) is 0 Å². The molecule has 1 N–H and O–H groups in total. The lowest BCUT2D eigenvalue weighted by molar-refractivity contribution is 0.424. The Labute approximate surface area is 126 Å². The van der Waals surface area contributed by atoms with Gasteiger partial charge in [-0.3, -0.25) is 0 Å². The van der Waals surface area contributed by atoms with Crippen molar-refractivity contribution >= 4 is 22.7 Å². The monoisotopic (exact) mass is 290 g/mol. The predicted octanol–water partition coefficient (Wildman–Crippen LogP) is 4.28. The summed E-state index contributed by atoms with van der Waals surface area (Å²) < 4.78 is 2.37. The molecule has 0 atom stereocenters. The molecule has 3 heteroatoms. The average Bonchev–Trinajstić information content (AvgIpc) is 2.79. The van der Waals surface area contributed by atoms with Gasteiger partial charge in [0.1, 0.15) is 0 Å². The molecule has 1 aromatic carbocycles. The number of thioether (sulfide) groups is 1. The van der Waals surface area contributed by atoms with E-state index in [1.54, 1.807) is 0 Å². The van der Waals surface area contributed by atoms with E-state index < -0.39 is 0 Å². The molecule has 0 aliphatic heterocycles. The van der Waals surface area contributed by atoms with E-state index >= 15 is 0 Å². The standard InChI is InChI=1S/C17H26N2S/c1-17(2,3)18-13-14-6-7-16-15(12-14)8-10-19(16)9-5-11-20-4/h6-8,10,12,18H,5,9,11,13H2,1-4H3. The lowest BCUT2D eigenvalue weighted by Gasteiger charge is -2.20. The highest BCUT2D eigenvalue weighted by Gasteiger charge is 2.09. The molecule has 0 saturated carbocycles. The number of nitrogens with one attached hydrogen (secondary N) is 1. The number of benzene rings is 1. The highest BCUT2D eigenvalue weighted by molar-refractivity contribution is 7.98. The van der Waals surface area contributed by atoms with E-state index in [9.17, 15) is 0 Å². The lowest BCUT2D eigenvalue weighted by Crippen LogP contribution is -2.35. The van der Waals surface area contributed by atoms with Gasteiger partial charge in [0.05, 0.1) is 0 Å². The minimum atomic E-state index is 0.165. The second-order valence-corrected chi connectivity index (χ2v) is 7.34. The Bertz CT molecular complexity index is 552. The molecule has 110 valence electrons. The lowest BCUT2D eigenvalue weighted by atomic mass is 10.1. The maximum Gasteiger partial charge on any atom is 0.0480 e. The van der Waals surface area contributed by atoms with Crippen LogP contribution in [0.2, 0.25) is 0 Å². The van der Waals surface area contributed by atoms with Crippen LogP contribution in [0.3, 0.4) is 0 Å². The van der Waals surface area contributed by atoms with E-state index in [0.29, 0.717) is 0 Å². The summed E-state index contributed by atoms with van der Waals surface area (Å²) >= 11 is 1.92. The minimum Gasteiger partial charge on any atom is -0.347 e. The van der Waals surface area contributed by atoms with Crippen LogP contribution < -0.4 is 5.32 Å². The second-order valence-electron chi connectivity index (χ2n) is 6.35. The highest BCUT2D eigenvalue weighted by atomic mass is 32.2. The molecule has 0 amide bonds. The number of hydrogen-bond donors (Lipinski definition) is 1. The van der Waals surface area contributed by atoms with Gasteiger partial charge in [0, 0.05) is 30.3 Å². The van der Waals surface area contributed by atoms with Gasteiger partial charge in [0.25, 0.3) is 0 Å². The molecule has 20 heavy (non-hydrogen) atoms. The molecule has 2 rings (SSSR count). The van der Waals surface area contributed by atoms with Gasteiger partial charge in [-0.15, -0.1) is 0 Å². The Morgan fingerprint density at radius 2 is 2.00 bits per heavy atom. The van der Waals surface area contributed by atoms with Gasteiger partial charge in [0.2, 0.25) is 0 Å². The second kappa shape index (κ2) is 6.68. The van der Waals surface area contributed by atoms with Gasteiger partial charge >= 0.3 is 0 Å². The van der Waals surface area contributed by atoms with Gasteiger partial charge in [-0.2, -0.15) is 11.8 Å².